The average Bonchev–Trinajstić information content (AvgIpc) is 3.01. The molecule has 0 aromatic heterocycles. The van der Waals surface area contributed by atoms with Gasteiger partial charge in [0, 0.05) is 11.8 Å². The topological polar surface area (TPSA) is 60.7 Å². The fraction of sp³-hybridized carbons (Fsp3) is 0.852. The van der Waals surface area contributed by atoms with E-state index in [0.717, 1.165) is 25.7 Å². The lowest BCUT2D eigenvalue weighted by Gasteiger charge is -2.62. The molecule has 4 aliphatic rings. The Kier molecular flexibility index (Phi) is 5.82. The Bertz CT molecular complexity index is 711. The predicted octanol–water partition coefficient (Wildman–Crippen LogP) is 5.25. The summed E-state index contributed by atoms with van der Waals surface area (Å²) < 4.78 is 0. The van der Waals surface area contributed by atoms with Crippen molar-refractivity contribution in [3.8, 4) is 0 Å². The maximum atomic E-state index is 11.6. The van der Waals surface area contributed by atoms with Crippen LogP contribution in [0.1, 0.15) is 86.0 Å². The van der Waals surface area contributed by atoms with Gasteiger partial charge in [-0.05, 0) is 80.0 Å². The highest BCUT2D eigenvalue weighted by atomic mass is 16.3. The second-order valence-electron chi connectivity index (χ2n) is 12.1. The van der Waals surface area contributed by atoms with Crippen LogP contribution >= 0.6 is 0 Å². The van der Waals surface area contributed by atoms with E-state index in [-0.39, 0.29) is 10.8 Å². The number of aliphatic hydroxyl groups is 3. The highest BCUT2D eigenvalue weighted by molar-refractivity contribution is 5.33. The predicted molar refractivity (Wildman–Crippen MR) is 122 cm³/mol. The van der Waals surface area contributed by atoms with Crippen molar-refractivity contribution in [1.82, 2.24) is 0 Å². The first kappa shape index (κ1) is 22.6. The van der Waals surface area contributed by atoms with Crippen LogP contribution in [0.15, 0.2) is 23.8 Å². The molecule has 170 valence electrons. The summed E-state index contributed by atoms with van der Waals surface area (Å²) in [6, 6.07) is 0. The molecule has 0 aromatic carbocycles. The van der Waals surface area contributed by atoms with Gasteiger partial charge in [-0.15, -0.1) is 0 Å². The van der Waals surface area contributed by atoms with Gasteiger partial charge in [0.15, 0.2) is 0 Å². The number of rotatable bonds is 4. The third kappa shape index (κ3) is 3.26. The molecule has 4 rings (SSSR count). The maximum Gasteiger partial charge on any atom is 0.102 e. The summed E-state index contributed by atoms with van der Waals surface area (Å²) in [6.07, 6.45) is 13.2. The van der Waals surface area contributed by atoms with E-state index in [1.165, 1.54) is 24.8 Å². The number of hydrogen-bond acceptors (Lipinski definition) is 3. The lowest BCUT2D eigenvalue weighted by Crippen LogP contribution is -2.65. The van der Waals surface area contributed by atoms with Gasteiger partial charge in [0.2, 0.25) is 0 Å². The van der Waals surface area contributed by atoms with Gasteiger partial charge in [-0.25, -0.2) is 0 Å². The summed E-state index contributed by atoms with van der Waals surface area (Å²) in [4.78, 5) is 0. The minimum Gasteiger partial charge on any atom is -0.393 e. The number of hydrogen-bond donors (Lipinski definition) is 3. The van der Waals surface area contributed by atoms with Crippen LogP contribution < -0.4 is 0 Å². The van der Waals surface area contributed by atoms with E-state index >= 15 is 0 Å². The summed E-state index contributed by atoms with van der Waals surface area (Å²) in [5, 5.41) is 32.9. The van der Waals surface area contributed by atoms with E-state index in [4.69, 9.17) is 0 Å². The number of fused-ring (bicyclic) bond motifs is 5. The maximum absolute atomic E-state index is 11.6. The van der Waals surface area contributed by atoms with Crippen molar-refractivity contribution in [3.63, 3.8) is 0 Å². The summed E-state index contributed by atoms with van der Waals surface area (Å²) in [5.74, 6) is 2.83. The molecule has 4 aliphatic carbocycles. The zero-order chi connectivity index (χ0) is 21.9. The van der Waals surface area contributed by atoms with E-state index in [2.05, 4.69) is 46.8 Å². The van der Waals surface area contributed by atoms with E-state index < -0.39 is 17.8 Å². The lowest BCUT2D eigenvalue weighted by atomic mass is 9.45. The zero-order valence-electron chi connectivity index (χ0n) is 19.8. The van der Waals surface area contributed by atoms with Crippen molar-refractivity contribution in [2.45, 2.75) is 104 Å². The van der Waals surface area contributed by atoms with Crippen LogP contribution in [0.5, 0.6) is 0 Å². The van der Waals surface area contributed by atoms with Gasteiger partial charge in [-0.3, -0.25) is 0 Å². The van der Waals surface area contributed by atoms with Gasteiger partial charge in [0.25, 0.3) is 0 Å². The normalized spacial score (nSPS) is 49.5. The molecule has 30 heavy (non-hydrogen) atoms. The van der Waals surface area contributed by atoms with Crippen molar-refractivity contribution in [3.05, 3.63) is 23.8 Å². The first-order valence-corrected chi connectivity index (χ1v) is 12.5. The monoisotopic (exact) mass is 416 g/mol. The van der Waals surface area contributed by atoms with Gasteiger partial charge < -0.3 is 15.3 Å². The fourth-order valence-electron chi connectivity index (χ4n) is 8.15. The Morgan fingerprint density at radius 2 is 1.77 bits per heavy atom. The molecule has 3 saturated carbocycles. The van der Waals surface area contributed by atoms with Crippen LogP contribution in [0.25, 0.3) is 0 Å². The molecule has 0 amide bonds. The van der Waals surface area contributed by atoms with Crippen molar-refractivity contribution in [1.29, 1.82) is 0 Å². The van der Waals surface area contributed by atoms with Crippen molar-refractivity contribution in [2.24, 2.45) is 40.4 Å². The molecule has 0 aliphatic heterocycles. The second kappa shape index (κ2) is 7.74. The molecule has 9 atom stereocenters. The second-order valence-corrected chi connectivity index (χ2v) is 12.1. The van der Waals surface area contributed by atoms with Gasteiger partial charge in [0.05, 0.1) is 6.10 Å². The molecular weight excluding hydrogens is 372 g/mol. The van der Waals surface area contributed by atoms with Crippen LogP contribution in [0, 0.1) is 40.4 Å². The molecule has 3 nitrogen and oxygen atoms in total. The van der Waals surface area contributed by atoms with Gasteiger partial charge in [-0.1, -0.05) is 58.4 Å². The van der Waals surface area contributed by atoms with Crippen LogP contribution in [0.4, 0.5) is 0 Å². The van der Waals surface area contributed by atoms with Crippen molar-refractivity contribution < 1.29 is 15.3 Å². The minimum atomic E-state index is -1.20. The Labute approximate surface area is 183 Å². The Balaban J connectivity index is 1.62. The highest BCUT2D eigenvalue weighted by Crippen LogP contribution is 2.67. The first-order chi connectivity index (χ1) is 14.0. The van der Waals surface area contributed by atoms with Crippen molar-refractivity contribution in [2.75, 3.05) is 0 Å². The molecule has 0 heterocycles. The van der Waals surface area contributed by atoms with Crippen LogP contribution in [0.2, 0.25) is 0 Å². The Morgan fingerprint density at radius 1 is 1.03 bits per heavy atom. The molecule has 0 radical (unpaired) electrons. The zero-order valence-corrected chi connectivity index (χ0v) is 19.8. The molecule has 0 aromatic rings. The third-order valence-electron chi connectivity index (χ3n) is 10.0. The van der Waals surface area contributed by atoms with Gasteiger partial charge >= 0.3 is 0 Å². The third-order valence-corrected chi connectivity index (χ3v) is 10.0. The van der Waals surface area contributed by atoms with E-state index in [0.29, 0.717) is 36.0 Å². The smallest absolute Gasteiger partial charge is 0.102 e. The number of allylic oxidation sites excluding steroid dienone is 3. The molecule has 3 N–H and O–H groups in total. The van der Waals surface area contributed by atoms with Gasteiger partial charge in [-0.2, -0.15) is 0 Å². The largest absolute Gasteiger partial charge is 0.393 e. The molecule has 0 bridgehead atoms. The fourth-order valence-corrected chi connectivity index (χ4v) is 8.15. The number of aliphatic hydroxyl groups excluding tert-OH is 2. The summed E-state index contributed by atoms with van der Waals surface area (Å²) >= 11 is 0. The standard InChI is InChI=1S/C27H44O3/c1-17(2)7-6-8-18(3)21-9-10-22-20-15-24(29)27(30)16-19(28)11-14-26(27,5)23(20)12-13-25(21,22)4/h6,8,15,17-19,21-24,28-30H,7,9-14,16H2,1-5H3/b8-6+/t18-,19+,21-,22+,23+,24-,25-,26-,27+/m1/s1. The molecule has 0 spiro atoms. The minimum absolute atomic E-state index is 0.281. The molecule has 3 heteroatoms. The van der Waals surface area contributed by atoms with Crippen molar-refractivity contribution >= 4 is 0 Å². The van der Waals surface area contributed by atoms with Crippen LogP contribution in [-0.2, 0) is 0 Å². The highest BCUT2D eigenvalue weighted by Gasteiger charge is 2.64. The van der Waals surface area contributed by atoms with Gasteiger partial charge in [0.1, 0.15) is 11.7 Å². The quantitative estimate of drug-likeness (QED) is 0.549. The first-order valence-electron chi connectivity index (χ1n) is 12.5. The van der Waals surface area contributed by atoms with E-state index in [1.54, 1.807) is 0 Å². The lowest BCUT2D eigenvalue weighted by molar-refractivity contribution is -0.210. The summed E-state index contributed by atoms with van der Waals surface area (Å²) in [7, 11) is 0. The van der Waals surface area contributed by atoms with Crippen LogP contribution in [-0.4, -0.2) is 33.1 Å². The Hall–Kier alpha value is -0.640. The average molecular weight is 417 g/mol. The Morgan fingerprint density at radius 3 is 2.47 bits per heavy atom. The SMILES string of the molecule is CC(C)C/C=C/[C@@H](C)[C@H]1CC[C@H]2C3=C[C@@H](O)[C@@]4(O)C[C@@H](O)CC[C@]4(C)[C@H]3CC[C@]12C. The molecule has 0 saturated heterocycles. The molecular formula is C27H44O3. The van der Waals surface area contributed by atoms with Crippen LogP contribution in [0.3, 0.4) is 0 Å². The summed E-state index contributed by atoms with van der Waals surface area (Å²) in [6.45, 7) is 11.6. The van der Waals surface area contributed by atoms with E-state index in [9.17, 15) is 15.3 Å². The summed E-state index contributed by atoms with van der Waals surface area (Å²) in [5.41, 5.74) is 0.180. The molecule has 0 unspecified atom stereocenters. The molecule has 3 fully saturated rings. The van der Waals surface area contributed by atoms with E-state index in [1.807, 2.05) is 6.08 Å².